The third-order valence-electron chi connectivity index (χ3n) is 3.14. The van der Waals surface area contributed by atoms with Crippen LogP contribution in [0.1, 0.15) is 30.9 Å². The minimum absolute atomic E-state index is 0.0814. The predicted molar refractivity (Wildman–Crippen MR) is 73.5 cm³/mol. The number of carbonyl (C=O) groups is 1. The van der Waals surface area contributed by atoms with E-state index in [0.29, 0.717) is 12.8 Å². The second kappa shape index (κ2) is 7.88. The van der Waals surface area contributed by atoms with Crippen LogP contribution in [0.25, 0.3) is 0 Å². The van der Waals surface area contributed by atoms with Crippen LogP contribution in [0, 0.1) is 0 Å². The lowest BCUT2D eigenvalue weighted by Gasteiger charge is -2.17. The number of carbonyl (C=O) groups excluding carboxylic acids is 1. The van der Waals surface area contributed by atoms with Crippen LogP contribution in [0.4, 0.5) is 0 Å². The molecule has 0 aliphatic carbocycles. The Bertz CT molecular complexity index is 359. The van der Waals surface area contributed by atoms with E-state index in [2.05, 4.69) is 31.2 Å². The molecule has 100 valence electrons. The highest BCUT2D eigenvalue weighted by Gasteiger charge is 2.07. The van der Waals surface area contributed by atoms with Gasteiger partial charge in [0.2, 0.25) is 5.91 Å². The van der Waals surface area contributed by atoms with Gasteiger partial charge in [0.05, 0.1) is 0 Å². The molecule has 0 aromatic heterocycles. The molecule has 3 nitrogen and oxygen atoms in total. The molecule has 0 aliphatic heterocycles. The first kappa shape index (κ1) is 14.7. The zero-order valence-electron chi connectivity index (χ0n) is 11.4. The maximum absolute atomic E-state index is 11.6. The Labute approximate surface area is 109 Å². The van der Waals surface area contributed by atoms with Gasteiger partial charge in [-0.25, -0.2) is 0 Å². The summed E-state index contributed by atoms with van der Waals surface area (Å²) in [7, 11) is 1.82. The second-order valence-corrected chi connectivity index (χ2v) is 4.56. The Morgan fingerprint density at radius 3 is 2.39 bits per heavy atom. The normalized spacial score (nSPS) is 10.4. The number of nitrogens with zero attached hydrogens (tertiary/aromatic N) is 1. The standard InChI is InChI=1S/C15H23NO2/c1-3-13-6-8-14(9-7-13)10-11-16(2)15(18)5-4-12-17/h6-9,17H,3-5,10-12H2,1-2H3. The van der Waals surface area contributed by atoms with Gasteiger partial charge in [0.1, 0.15) is 0 Å². The summed E-state index contributed by atoms with van der Waals surface area (Å²) in [5, 5.41) is 8.68. The highest BCUT2D eigenvalue weighted by atomic mass is 16.3. The first-order valence-corrected chi connectivity index (χ1v) is 6.60. The zero-order valence-corrected chi connectivity index (χ0v) is 11.4. The predicted octanol–water partition coefficient (Wildman–Crippen LogP) is 2.02. The van der Waals surface area contributed by atoms with Gasteiger partial charge >= 0.3 is 0 Å². The molecule has 1 aromatic carbocycles. The monoisotopic (exact) mass is 249 g/mol. The Hall–Kier alpha value is -1.35. The number of rotatable bonds is 7. The van der Waals surface area contributed by atoms with Gasteiger partial charge in [0, 0.05) is 26.6 Å². The number of likely N-dealkylation sites (N-methyl/N-ethyl adjacent to an activating group) is 1. The molecule has 0 heterocycles. The van der Waals surface area contributed by atoms with Crippen molar-refractivity contribution < 1.29 is 9.90 Å². The van der Waals surface area contributed by atoms with Crippen molar-refractivity contribution in [2.24, 2.45) is 0 Å². The van der Waals surface area contributed by atoms with Gasteiger partial charge in [-0.2, -0.15) is 0 Å². The van der Waals surface area contributed by atoms with E-state index >= 15 is 0 Å². The maximum atomic E-state index is 11.6. The molecule has 0 saturated heterocycles. The fourth-order valence-corrected chi connectivity index (χ4v) is 1.78. The Morgan fingerprint density at radius 2 is 1.83 bits per heavy atom. The van der Waals surface area contributed by atoms with Gasteiger partial charge in [-0.1, -0.05) is 31.2 Å². The summed E-state index contributed by atoms with van der Waals surface area (Å²) in [6, 6.07) is 8.54. The quantitative estimate of drug-likeness (QED) is 0.803. The molecule has 0 bridgehead atoms. The fourth-order valence-electron chi connectivity index (χ4n) is 1.78. The van der Waals surface area contributed by atoms with Crippen LogP contribution in [0.3, 0.4) is 0 Å². The van der Waals surface area contributed by atoms with Crippen LogP contribution in [0.2, 0.25) is 0 Å². The van der Waals surface area contributed by atoms with Crippen molar-refractivity contribution in [3.63, 3.8) is 0 Å². The van der Waals surface area contributed by atoms with E-state index in [1.54, 1.807) is 4.90 Å². The largest absolute Gasteiger partial charge is 0.396 e. The van der Waals surface area contributed by atoms with E-state index in [9.17, 15) is 4.79 Å². The van der Waals surface area contributed by atoms with Crippen LogP contribution in [-0.2, 0) is 17.6 Å². The van der Waals surface area contributed by atoms with Crippen molar-refractivity contribution >= 4 is 5.91 Å². The Kier molecular flexibility index (Phi) is 6.44. The number of hydrogen-bond donors (Lipinski definition) is 1. The smallest absolute Gasteiger partial charge is 0.222 e. The molecule has 0 fully saturated rings. The third-order valence-corrected chi connectivity index (χ3v) is 3.14. The number of aliphatic hydroxyl groups excluding tert-OH is 1. The number of hydrogen-bond acceptors (Lipinski definition) is 2. The Balaban J connectivity index is 2.36. The Morgan fingerprint density at radius 1 is 1.22 bits per heavy atom. The molecule has 0 spiro atoms. The molecular formula is C15H23NO2. The number of amides is 1. The van der Waals surface area contributed by atoms with Crippen molar-refractivity contribution in [3.8, 4) is 0 Å². The van der Waals surface area contributed by atoms with E-state index in [0.717, 1.165) is 19.4 Å². The van der Waals surface area contributed by atoms with Crippen molar-refractivity contribution in [1.29, 1.82) is 0 Å². The van der Waals surface area contributed by atoms with Crippen molar-refractivity contribution in [1.82, 2.24) is 4.90 Å². The topological polar surface area (TPSA) is 40.5 Å². The molecule has 0 aliphatic rings. The molecule has 0 saturated carbocycles. The average molecular weight is 249 g/mol. The van der Waals surface area contributed by atoms with E-state index in [1.807, 2.05) is 7.05 Å². The third kappa shape index (κ3) is 4.88. The first-order valence-electron chi connectivity index (χ1n) is 6.60. The van der Waals surface area contributed by atoms with Crippen molar-refractivity contribution in [2.45, 2.75) is 32.6 Å². The lowest BCUT2D eigenvalue weighted by molar-refractivity contribution is -0.130. The molecule has 18 heavy (non-hydrogen) atoms. The van der Waals surface area contributed by atoms with E-state index in [4.69, 9.17) is 5.11 Å². The van der Waals surface area contributed by atoms with Crippen LogP contribution in [-0.4, -0.2) is 36.1 Å². The number of benzene rings is 1. The SMILES string of the molecule is CCc1ccc(CCN(C)C(=O)CCCO)cc1. The van der Waals surface area contributed by atoms with Gasteiger partial charge in [0.25, 0.3) is 0 Å². The van der Waals surface area contributed by atoms with Crippen LogP contribution >= 0.6 is 0 Å². The summed E-state index contributed by atoms with van der Waals surface area (Å²) in [6.07, 6.45) is 2.92. The van der Waals surface area contributed by atoms with Crippen molar-refractivity contribution in [2.75, 3.05) is 20.2 Å². The highest BCUT2D eigenvalue weighted by molar-refractivity contribution is 5.75. The molecule has 0 unspecified atom stereocenters. The van der Waals surface area contributed by atoms with Crippen LogP contribution < -0.4 is 0 Å². The summed E-state index contributed by atoms with van der Waals surface area (Å²) in [4.78, 5) is 13.4. The lowest BCUT2D eigenvalue weighted by atomic mass is 10.1. The summed E-state index contributed by atoms with van der Waals surface area (Å²) in [5.41, 5.74) is 2.60. The van der Waals surface area contributed by atoms with Crippen molar-refractivity contribution in [3.05, 3.63) is 35.4 Å². The lowest BCUT2D eigenvalue weighted by Crippen LogP contribution is -2.28. The van der Waals surface area contributed by atoms with E-state index in [-0.39, 0.29) is 12.5 Å². The average Bonchev–Trinajstić information content (AvgIpc) is 2.42. The van der Waals surface area contributed by atoms with Gasteiger partial charge in [-0.15, -0.1) is 0 Å². The first-order chi connectivity index (χ1) is 8.67. The zero-order chi connectivity index (χ0) is 13.4. The minimum atomic E-state index is 0.0814. The van der Waals surface area contributed by atoms with E-state index in [1.165, 1.54) is 11.1 Å². The summed E-state index contributed by atoms with van der Waals surface area (Å²) in [6.45, 7) is 2.95. The summed E-state index contributed by atoms with van der Waals surface area (Å²) < 4.78 is 0. The molecular weight excluding hydrogens is 226 g/mol. The van der Waals surface area contributed by atoms with E-state index < -0.39 is 0 Å². The molecule has 0 radical (unpaired) electrons. The van der Waals surface area contributed by atoms with Crippen LogP contribution in [0.15, 0.2) is 24.3 Å². The molecule has 1 aromatic rings. The van der Waals surface area contributed by atoms with Crippen LogP contribution in [0.5, 0.6) is 0 Å². The highest BCUT2D eigenvalue weighted by Crippen LogP contribution is 2.06. The van der Waals surface area contributed by atoms with Gasteiger partial charge in [-0.05, 0) is 30.4 Å². The molecule has 1 N–H and O–H groups in total. The molecule has 1 amide bonds. The molecule has 3 heteroatoms. The van der Waals surface area contributed by atoms with Gasteiger partial charge < -0.3 is 10.0 Å². The fraction of sp³-hybridized carbons (Fsp3) is 0.533. The summed E-state index contributed by atoms with van der Waals surface area (Å²) >= 11 is 0. The minimum Gasteiger partial charge on any atom is -0.396 e. The van der Waals surface area contributed by atoms with Gasteiger partial charge in [-0.3, -0.25) is 4.79 Å². The second-order valence-electron chi connectivity index (χ2n) is 4.56. The number of aliphatic hydroxyl groups is 1. The number of aryl methyl sites for hydroxylation is 1. The summed E-state index contributed by atoms with van der Waals surface area (Å²) in [5.74, 6) is 0.106. The molecule has 1 rings (SSSR count). The maximum Gasteiger partial charge on any atom is 0.222 e. The van der Waals surface area contributed by atoms with Gasteiger partial charge in [0.15, 0.2) is 0 Å². The molecule has 0 atom stereocenters.